The minimum Gasteiger partial charge on any atom is -0.284 e. The zero-order valence-electron chi connectivity index (χ0n) is 9.95. The van der Waals surface area contributed by atoms with Gasteiger partial charge in [-0.15, -0.1) is 0 Å². The Morgan fingerprint density at radius 3 is 1.89 bits per heavy atom. The van der Waals surface area contributed by atoms with Gasteiger partial charge in [-0.05, 0) is 17.5 Å². The predicted molar refractivity (Wildman–Crippen MR) is 66.1 cm³/mol. The fourth-order valence-corrected chi connectivity index (χ4v) is 1.77. The molecule has 0 aliphatic carbocycles. The summed E-state index contributed by atoms with van der Waals surface area (Å²) in [5, 5.41) is 0. The molecule has 2 aromatic carbocycles. The lowest BCUT2D eigenvalue weighted by molar-refractivity contribution is -0.0885. The second-order valence-electron chi connectivity index (χ2n) is 4.19. The first-order valence-corrected chi connectivity index (χ1v) is 5.71. The van der Waals surface area contributed by atoms with Crippen LogP contribution in [0.4, 0.5) is 13.2 Å². The zero-order valence-corrected chi connectivity index (χ0v) is 9.95. The number of alkyl halides is 3. The van der Waals surface area contributed by atoms with Crippen molar-refractivity contribution in [2.24, 2.45) is 0 Å². The highest BCUT2D eigenvalue weighted by Crippen LogP contribution is 2.22. The smallest absolute Gasteiger partial charge is 0.284 e. The number of hydrogen-bond acceptors (Lipinski definition) is 1. The number of ketones is 1. The van der Waals surface area contributed by atoms with Gasteiger partial charge in [0.1, 0.15) is 0 Å². The lowest BCUT2D eigenvalue weighted by Crippen LogP contribution is -2.22. The molecule has 0 amide bonds. The molecule has 2 rings (SSSR count). The number of Topliss-reactive ketones (excluding diaryl/α,β-unsaturated/α-hetero) is 1. The van der Waals surface area contributed by atoms with Crippen molar-refractivity contribution in [3.63, 3.8) is 0 Å². The molecule has 0 spiro atoms. The van der Waals surface area contributed by atoms with Crippen molar-refractivity contribution < 1.29 is 18.0 Å². The van der Waals surface area contributed by atoms with E-state index < -0.39 is 12.0 Å². The van der Waals surface area contributed by atoms with Gasteiger partial charge in [-0.3, -0.25) is 4.79 Å². The standard InChI is InChI=1S/C15H11F3O/c16-15(17,18)14(19)13-8-6-12(7-9-13)10-11-4-2-1-3-5-11/h1-9H,10H2. The largest absolute Gasteiger partial charge is 0.454 e. The molecular weight excluding hydrogens is 253 g/mol. The normalized spacial score (nSPS) is 11.3. The van der Waals surface area contributed by atoms with Crippen molar-refractivity contribution in [3.05, 3.63) is 71.3 Å². The molecule has 0 radical (unpaired) electrons. The minimum absolute atomic E-state index is 0.329. The van der Waals surface area contributed by atoms with Crippen LogP contribution in [0, 0.1) is 0 Å². The molecule has 19 heavy (non-hydrogen) atoms. The molecular formula is C15H11F3O. The van der Waals surface area contributed by atoms with E-state index in [-0.39, 0.29) is 5.56 Å². The molecule has 0 N–H and O–H groups in total. The molecule has 4 heteroatoms. The Hall–Kier alpha value is -2.10. The topological polar surface area (TPSA) is 17.1 Å². The molecule has 1 nitrogen and oxygen atoms in total. The maximum Gasteiger partial charge on any atom is 0.454 e. The van der Waals surface area contributed by atoms with Crippen LogP contribution in [0.5, 0.6) is 0 Å². The van der Waals surface area contributed by atoms with Crippen molar-refractivity contribution >= 4 is 5.78 Å². The summed E-state index contributed by atoms with van der Waals surface area (Å²) in [5.41, 5.74) is 1.60. The van der Waals surface area contributed by atoms with Crippen molar-refractivity contribution in [3.8, 4) is 0 Å². The van der Waals surface area contributed by atoms with Crippen LogP contribution in [0.3, 0.4) is 0 Å². The third-order valence-corrected chi connectivity index (χ3v) is 2.72. The molecule has 0 unspecified atom stereocenters. The molecule has 0 saturated heterocycles. The van der Waals surface area contributed by atoms with E-state index in [0.29, 0.717) is 6.42 Å². The first kappa shape index (κ1) is 13.3. The van der Waals surface area contributed by atoms with Gasteiger partial charge in [0.25, 0.3) is 5.78 Å². The van der Waals surface area contributed by atoms with E-state index in [1.165, 1.54) is 12.1 Å². The lowest BCUT2D eigenvalue weighted by Gasteiger charge is -2.06. The fraction of sp³-hybridized carbons (Fsp3) is 0.133. The third kappa shape index (κ3) is 3.44. The summed E-state index contributed by atoms with van der Waals surface area (Å²) in [6.45, 7) is 0. The number of benzene rings is 2. The second kappa shape index (κ2) is 5.26. The van der Waals surface area contributed by atoms with Crippen LogP contribution in [0.1, 0.15) is 21.5 Å². The molecule has 0 bridgehead atoms. The Balaban J connectivity index is 2.13. The van der Waals surface area contributed by atoms with Crippen molar-refractivity contribution in [2.75, 3.05) is 0 Å². The van der Waals surface area contributed by atoms with Gasteiger partial charge < -0.3 is 0 Å². The van der Waals surface area contributed by atoms with Crippen LogP contribution < -0.4 is 0 Å². The predicted octanol–water partition coefficient (Wildman–Crippen LogP) is 4.02. The summed E-state index contributed by atoms with van der Waals surface area (Å²) in [6, 6.07) is 15.1. The minimum atomic E-state index is -4.82. The van der Waals surface area contributed by atoms with Gasteiger partial charge in [-0.1, -0.05) is 54.6 Å². The molecule has 0 atom stereocenters. The summed E-state index contributed by atoms with van der Waals surface area (Å²) in [4.78, 5) is 11.0. The molecule has 98 valence electrons. The van der Waals surface area contributed by atoms with E-state index in [0.717, 1.165) is 11.1 Å². The van der Waals surface area contributed by atoms with Gasteiger partial charge >= 0.3 is 6.18 Å². The van der Waals surface area contributed by atoms with E-state index in [1.54, 1.807) is 12.1 Å². The zero-order chi connectivity index (χ0) is 13.9. The molecule has 2 aromatic rings. The Kier molecular flexibility index (Phi) is 3.69. The Bertz CT molecular complexity index is 556. The molecule has 0 saturated carbocycles. The summed E-state index contributed by atoms with van der Waals surface area (Å²) >= 11 is 0. The van der Waals surface area contributed by atoms with Gasteiger partial charge in [0.2, 0.25) is 0 Å². The lowest BCUT2D eigenvalue weighted by atomic mass is 10.0. The second-order valence-corrected chi connectivity index (χ2v) is 4.19. The fourth-order valence-electron chi connectivity index (χ4n) is 1.77. The molecule has 0 fully saturated rings. The van der Waals surface area contributed by atoms with Crippen molar-refractivity contribution in [2.45, 2.75) is 12.6 Å². The first-order chi connectivity index (χ1) is 8.97. The quantitative estimate of drug-likeness (QED) is 0.765. The molecule has 0 aromatic heterocycles. The summed E-state index contributed by atoms with van der Waals surface area (Å²) in [6.07, 6.45) is -4.19. The summed E-state index contributed by atoms with van der Waals surface area (Å²) in [7, 11) is 0. The number of carbonyl (C=O) groups excluding carboxylic acids is 1. The number of halogens is 3. The first-order valence-electron chi connectivity index (χ1n) is 5.71. The summed E-state index contributed by atoms with van der Waals surface area (Å²) < 4.78 is 36.7. The highest BCUT2D eigenvalue weighted by Gasteiger charge is 2.39. The van der Waals surface area contributed by atoms with Crippen LogP contribution in [-0.4, -0.2) is 12.0 Å². The van der Waals surface area contributed by atoms with Crippen LogP contribution in [0.15, 0.2) is 54.6 Å². The van der Waals surface area contributed by atoms with Gasteiger partial charge in [0.15, 0.2) is 0 Å². The molecule has 0 aliphatic rings. The van der Waals surface area contributed by atoms with E-state index in [1.807, 2.05) is 30.3 Å². The highest BCUT2D eigenvalue weighted by atomic mass is 19.4. The Morgan fingerprint density at radius 1 is 0.842 bits per heavy atom. The Morgan fingerprint density at radius 2 is 1.37 bits per heavy atom. The maximum atomic E-state index is 12.2. The monoisotopic (exact) mass is 264 g/mol. The van der Waals surface area contributed by atoms with Gasteiger partial charge in [0.05, 0.1) is 0 Å². The van der Waals surface area contributed by atoms with Gasteiger partial charge in [0, 0.05) is 5.56 Å². The molecule has 0 heterocycles. The highest BCUT2D eigenvalue weighted by molar-refractivity contribution is 6.00. The van der Waals surface area contributed by atoms with E-state index in [2.05, 4.69) is 0 Å². The third-order valence-electron chi connectivity index (χ3n) is 2.72. The summed E-state index contributed by atoms with van der Waals surface area (Å²) in [5.74, 6) is -1.81. The van der Waals surface area contributed by atoms with Crippen molar-refractivity contribution in [1.29, 1.82) is 0 Å². The van der Waals surface area contributed by atoms with Crippen LogP contribution in [0.2, 0.25) is 0 Å². The van der Waals surface area contributed by atoms with Gasteiger partial charge in [-0.2, -0.15) is 13.2 Å². The van der Waals surface area contributed by atoms with E-state index >= 15 is 0 Å². The maximum absolute atomic E-state index is 12.2. The number of hydrogen-bond donors (Lipinski definition) is 0. The number of rotatable bonds is 3. The van der Waals surface area contributed by atoms with Crippen LogP contribution in [-0.2, 0) is 6.42 Å². The average Bonchev–Trinajstić information content (AvgIpc) is 2.39. The van der Waals surface area contributed by atoms with Crippen LogP contribution >= 0.6 is 0 Å². The van der Waals surface area contributed by atoms with Crippen LogP contribution in [0.25, 0.3) is 0 Å². The van der Waals surface area contributed by atoms with Gasteiger partial charge in [-0.25, -0.2) is 0 Å². The van der Waals surface area contributed by atoms with E-state index in [4.69, 9.17) is 0 Å². The van der Waals surface area contributed by atoms with Crippen molar-refractivity contribution in [1.82, 2.24) is 0 Å². The average molecular weight is 264 g/mol. The number of carbonyl (C=O) groups is 1. The SMILES string of the molecule is O=C(c1ccc(Cc2ccccc2)cc1)C(F)(F)F. The Labute approximate surface area is 108 Å². The molecule has 0 aliphatic heterocycles. The van der Waals surface area contributed by atoms with E-state index in [9.17, 15) is 18.0 Å².